The molecule has 1 aliphatic rings. The van der Waals surface area contributed by atoms with Crippen LogP contribution in [0.4, 0.5) is 0 Å². The van der Waals surface area contributed by atoms with Crippen molar-refractivity contribution >= 4 is 12.0 Å². The molecule has 1 aromatic rings. The minimum absolute atomic E-state index is 0.138. The summed E-state index contributed by atoms with van der Waals surface area (Å²) in [7, 11) is 3.48. The molecule has 20 heavy (non-hydrogen) atoms. The Morgan fingerprint density at radius 3 is 2.75 bits per heavy atom. The third-order valence-corrected chi connectivity index (χ3v) is 3.07. The molecule has 0 amide bonds. The molecular weight excluding hydrogens is 258 g/mol. The number of hydrogen-bond donors (Lipinski definition) is 1. The van der Waals surface area contributed by atoms with Gasteiger partial charge in [0.1, 0.15) is 5.56 Å². The Bertz CT molecular complexity index is 673. The van der Waals surface area contributed by atoms with Crippen molar-refractivity contribution in [2.75, 3.05) is 7.05 Å². The van der Waals surface area contributed by atoms with Crippen molar-refractivity contribution in [3.8, 4) is 5.88 Å². The highest BCUT2D eigenvalue weighted by atomic mass is 16.5. The topological polar surface area (TPSA) is 67.3 Å². The number of aromatic nitrogens is 2. The van der Waals surface area contributed by atoms with Gasteiger partial charge in [-0.3, -0.25) is 19.4 Å². The molecule has 6 heteroatoms. The molecule has 0 fully saturated rings. The molecule has 0 aromatic carbocycles. The van der Waals surface area contributed by atoms with Crippen LogP contribution in [0.5, 0.6) is 5.88 Å². The number of carbonyl (C=O) groups excluding carboxylic acids is 1. The van der Waals surface area contributed by atoms with E-state index < -0.39 is 5.97 Å². The molecule has 1 atom stereocenters. The standard InChI is InChI=1S/C14H17N3O3/c1-9-7-8-16(3)12(9)6-5-11-13(20-10(2)18)15-17(4)14(11)19/h5,7-9,15H,1-4H3. The number of ether oxygens (including phenoxy) is 1. The predicted octanol–water partition coefficient (Wildman–Crippen LogP) is 1.23. The zero-order chi connectivity index (χ0) is 14.9. The second-order valence-electron chi connectivity index (χ2n) is 4.73. The van der Waals surface area contributed by atoms with Gasteiger partial charge in [-0.15, -0.1) is 0 Å². The number of nitrogens with one attached hydrogen (secondary N) is 1. The van der Waals surface area contributed by atoms with Crippen molar-refractivity contribution in [3.05, 3.63) is 39.6 Å². The van der Waals surface area contributed by atoms with Crippen LogP contribution in [-0.4, -0.2) is 27.7 Å². The van der Waals surface area contributed by atoms with Gasteiger partial charge in [0.05, 0.1) is 5.70 Å². The van der Waals surface area contributed by atoms with Gasteiger partial charge >= 0.3 is 5.97 Å². The Hall–Kier alpha value is -2.46. The molecule has 2 heterocycles. The van der Waals surface area contributed by atoms with E-state index in [2.05, 4.69) is 10.8 Å². The van der Waals surface area contributed by atoms with Crippen LogP contribution < -0.4 is 10.3 Å². The maximum atomic E-state index is 12.0. The second kappa shape index (κ2) is 5.27. The first-order valence-corrected chi connectivity index (χ1v) is 6.25. The monoisotopic (exact) mass is 275 g/mol. The molecule has 0 saturated carbocycles. The van der Waals surface area contributed by atoms with Gasteiger partial charge in [0.25, 0.3) is 5.56 Å². The van der Waals surface area contributed by atoms with E-state index in [1.165, 1.54) is 11.6 Å². The van der Waals surface area contributed by atoms with Crippen molar-refractivity contribution in [2.24, 2.45) is 13.0 Å². The fourth-order valence-corrected chi connectivity index (χ4v) is 2.02. The number of esters is 1. The lowest BCUT2D eigenvalue weighted by molar-refractivity contribution is -0.132. The third-order valence-electron chi connectivity index (χ3n) is 3.07. The van der Waals surface area contributed by atoms with Crippen LogP contribution in [0.2, 0.25) is 0 Å². The van der Waals surface area contributed by atoms with Gasteiger partial charge in [-0.2, -0.15) is 0 Å². The summed E-state index contributed by atoms with van der Waals surface area (Å²) < 4.78 is 6.25. The molecule has 106 valence electrons. The van der Waals surface area contributed by atoms with Gasteiger partial charge in [0, 0.05) is 39.2 Å². The van der Waals surface area contributed by atoms with Crippen LogP contribution in [0.1, 0.15) is 19.4 Å². The van der Waals surface area contributed by atoms with Gasteiger partial charge in [-0.25, -0.2) is 0 Å². The molecule has 6 nitrogen and oxygen atoms in total. The average Bonchev–Trinajstić information content (AvgIpc) is 2.80. The van der Waals surface area contributed by atoms with E-state index in [9.17, 15) is 9.59 Å². The summed E-state index contributed by atoms with van der Waals surface area (Å²) >= 11 is 0. The first kappa shape index (κ1) is 14.0. The first-order valence-electron chi connectivity index (χ1n) is 6.25. The quantitative estimate of drug-likeness (QED) is 0.651. The molecule has 0 bridgehead atoms. The zero-order valence-corrected chi connectivity index (χ0v) is 11.9. The Kier molecular flexibility index (Phi) is 3.68. The molecule has 0 saturated heterocycles. The van der Waals surface area contributed by atoms with E-state index in [4.69, 9.17) is 4.74 Å². The van der Waals surface area contributed by atoms with Crippen molar-refractivity contribution < 1.29 is 9.53 Å². The number of aromatic amines is 1. The molecule has 2 rings (SSSR count). The van der Waals surface area contributed by atoms with Gasteiger partial charge in [-0.1, -0.05) is 18.7 Å². The van der Waals surface area contributed by atoms with E-state index in [0.717, 1.165) is 5.70 Å². The van der Waals surface area contributed by atoms with Crippen molar-refractivity contribution in [2.45, 2.75) is 13.8 Å². The number of H-pyrrole nitrogens is 1. The minimum Gasteiger partial charge on any atom is -0.407 e. The smallest absolute Gasteiger partial charge is 0.309 e. The number of carbonyl (C=O) groups is 1. The lowest BCUT2D eigenvalue weighted by Crippen LogP contribution is -2.13. The summed E-state index contributed by atoms with van der Waals surface area (Å²) in [5.41, 5.74) is 4.05. The van der Waals surface area contributed by atoms with E-state index in [0.29, 0.717) is 0 Å². The van der Waals surface area contributed by atoms with Gasteiger partial charge < -0.3 is 9.64 Å². The van der Waals surface area contributed by atoms with Gasteiger partial charge in [0.15, 0.2) is 0 Å². The Morgan fingerprint density at radius 2 is 2.20 bits per heavy atom. The van der Waals surface area contributed by atoms with Gasteiger partial charge in [-0.05, 0) is 0 Å². The minimum atomic E-state index is -0.484. The van der Waals surface area contributed by atoms with Crippen LogP contribution in [0, 0.1) is 5.92 Å². The highest BCUT2D eigenvalue weighted by Crippen LogP contribution is 2.22. The first-order chi connectivity index (χ1) is 9.40. The summed E-state index contributed by atoms with van der Waals surface area (Å²) in [6.07, 6.45) is 5.54. The zero-order valence-electron chi connectivity index (χ0n) is 11.9. The Labute approximate surface area is 116 Å². The number of hydrogen-bond acceptors (Lipinski definition) is 4. The van der Waals surface area contributed by atoms with Crippen molar-refractivity contribution in [3.63, 3.8) is 0 Å². The molecule has 1 aliphatic heterocycles. The van der Waals surface area contributed by atoms with E-state index in [-0.39, 0.29) is 22.9 Å². The molecule has 1 aromatic heterocycles. The summed E-state index contributed by atoms with van der Waals surface area (Å²) in [6.45, 7) is 3.33. The Balaban J connectivity index is 2.46. The molecule has 0 radical (unpaired) electrons. The molecule has 1 unspecified atom stereocenters. The summed E-state index contributed by atoms with van der Waals surface area (Å²) in [4.78, 5) is 24.9. The van der Waals surface area contributed by atoms with Crippen molar-refractivity contribution in [1.29, 1.82) is 0 Å². The third kappa shape index (κ3) is 2.60. The van der Waals surface area contributed by atoms with E-state index in [1.807, 2.05) is 31.1 Å². The lowest BCUT2D eigenvalue weighted by atomic mass is 10.1. The Morgan fingerprint density at radius 1 is 1.50 bits per heavy atom. The highest BCUT2D eigenvalue weighted by molar-refractivity contribution is 5.70. The lowest BCUT2D eigenvalue weighted by Gasteiger charge is -2.11. The number of nitrogens with zero attached hydrogens (tertiary/aromatic N) is 2. The number of aryl methyl sites for hydroxylation is 1. The maximum absolute atomic E-state index is 12.0. The largest absolute Gasteiger partial charge is 0.407 e. The fraction of sp³-hybridized carbons (Fsp3) is 0.357. The van der Waals surface area contributed by atoms with Crippen LogP contribution in [-0.2, 0) is 11.8 Å². The van der Waals surface area contributed by atoms with Crippen LogP contribution in [0.15, 0.2) is 28.5 Å². The van der Waals surface area contributed by atoms with Gasteiger partial charge in [0.2, 0.25) is 5.88 Å². The summed E-state index contributed by atoms with van der Waals surface area (Å²) in [5.74, 6) is -0.113. The number of rotatable bonds is 2. The fourth-order valence-electron chi connectivity index (χ4n) is 2.02. The van der Waals surface area contributed by atoms with Crippen LogP contribution >= 0.6 is 0 Å². The molecular formula is C14H17N3O3. The van der Waals surface area contributed by atoms with Crippen LogP contribution in [0.25, 0.3) is 6.08 Å². The predicted molar refractivity (Wildman–Crippen MR) is 74.9 cm³/mol. The molecule has 1 N–H and O–H groups in total. The maximum Gasteiger partial charge on any atom is 0.309 e. The summed E-state index contributed by atoms with van der Waals surface area (Å²) in [6, 6.07) is 0. The van der Waals surface area contributed by atoms with E-state index >= 15 is 0 Å². The second-order valence-corrected chi connectivity index (χ2v) is 4.73. The van der Waals surface area contributed by atoms with Crippen molar-refractivity contribution in [1.82, 2.24) is 14.7 Å². The van der Waals surface area contributed by atoms with E-state index in [1.54, 1.807) is 13.1 Å². The SMILES string of the molecule is CC(=O)Oc1[nH]n(C)c(=O)c1C=C=C1C(C)C=CN1C. The normalized spacial score (nSPS) is 17.3. The average molecular weight is 275 g/mol. The number of allylic oxidation sites excluding steroid dienone is 1. The highest BCUT2D eigenvalue weighted by Gasteiger charge is 2.16. The summed E-state index contributed by atoms with van der Waals surface area (Å²) in [5, 5.41) is 2.69. The molecule has 0 aliphatic carbocycles. The van der Waals surface area contributed by atoms with Crippen LogP contribution in [0.3, 0.4) is 0 Å². The molecule has 0 spiro atoms.